The van der Waals surface area contributed by atoms with E-state index < -0.39 is 0 Å². The Morgan fingerprint density at radius 2 is 1.90 bits per heavy atom. The molecule has 0 fully saturated rings. The van der Waals surface area contributed by atoms with Gasteiger partial charge in [-0.05, 0) is 18.2 Å². The number of pyridine rings is 1. The fourth-order valence-corrected chi connectivity index (χ4v) is 2.42. The Bertz CT molecular complexity index is 794. The second-order valence-corrected chi connectivity index (χ2v) is 4.63. The fraction of sp³-hybridized carbons (Fsp3) is 0.125. The number of hydrogen-bond acceptors (Lipinski definition) is 3. The molecule has 5 nitrogen and oxygen atoms in total. The summed E-state index contributed by atoms with van der Waals surface area (Å²) in [6.45, 7) is -0.0800. The van der Waals surface area contributed by atoms with E-state index in [4.69, 9.17) is 4.74 Å². The molecule has 0 aliphatic carbocycles. The first-order valence-corrected chi connectivity index (χ1v) is 6.55. The predicted octanol–water partition coefficient (Wildman–Crippen LogP) is 1.75. The number of hydrogen-bond donors (Lipinski definition) is 1. The van der Waals surface area contributed by atoms with E-state index in [0.717, 1.165) is 5.69 Å². The highest BCUT2D eigenvalue weighted by atomic mass is 16.5. The van der Waals surface area contributed by atoms with Gasteiger partial charge in [-0.15, -0.1) is 0 Å². The molecule has 0 unspecified atom stereocenters. The third kappa shape index (κ3) is 2.17. The van der Waals surface area contributed by atoms with E-state index in [1.807, 2.05) is 48.5 Å². The Balaban J connectivity index is 2.31. The number of nitrogens with zero attached hydrogens (tertiary/aromatic N) is 2. The number of carbonyl (C=O) groups excluding carboxylic acids is 1. The number of para-hydroxylation sites is 1. The largest absolute Gasteiger partial charge is 0.474 e. The van der Waals surface area contributed by atoms with E-state index in [-0.39, 0.29) is 24.0 Å². The number of ether oxygens (including phenoxy) is 1. The van der Waals surface area contributed by atoms with E-state index in [1.54, 1.807) is 15.2 Å². The molecule has 2 aromatic heterocycles. The van der Waals surface area contributed by atoms with Crippen LogP contribution in [0.4, 0.5) is 0 Å². The van der Waals surface area contributed by atoms with E-state index in [9.17, 15) is 9.90 Å². The monoisotopic (exact) mass is 283 g/mol. The van der Waals surface area contributed by atoms with Gasteiger partial charge in [0.15, 0.2) is 0 Å². The number of ketones is 1. The van der Waals surface area contributed by atoms with Crippen LogP contribution in [-0.4, -0.2) is 29.2 Å². The van der Waals surface area contributed by atoms with Crippen molar-refractivity contribution in [3.8, 4) is 11.6 Å². The highest BCUT2D eigenvalue weighted by Gasteiger charge is 2.31. The summed E-state index contributed by atoms with van der Waals surface area (Å²) >= 11 is 0. The zero-order chi connectivity index (χ0) is 14.8. The summed E-state index contributed by atoms with van der Waals surface area (Å²) in [7, 11) is 1.45. The van der Waals surface area contributed by atoms with Crippen LogP contribution in [0.5, 0.6) is 5.88 Å². The van der Waals surface area contributed by atoms with Crippen LogP contribution in [0.1, 0.15) is 10.5 Å². The average Bonchev–Trinajstić information content (AvgIpc) is 2.80. The first kappa shape index (κ1) is 13.3. The van der Waals surface area contributed by atoms with Crippen LogP contribution in [0.15, 0.2) is 54.7 Å². The molecule has 0 radical (unpaired) electrons. The third-order valence-electron chi connectivity index (χ3n) is 3.29. The first-order chi connectivity index (χ1) is 10.2. The second kappa shape index (κ2) is 5.38. The molecule has 106 valence electrons. The minimum Gasteiger partial charge on any atom is -0.474 e. The van der Waals surface area contributed by atoms with Gasteiger partial charge in [-0.3, -0.25) is 4.79 Å². The summed E-state index contributed by atoms with van der Waals surface area (Å²) in [4.78, 5) is 12.2. The summed E-state index contributed by atoms with van der Waals surface area (Å²) in [5.41, 5.74) is 1.71. The molecule has 0 aliphatic rings. The lowest BCUT2D eigenvalue weighted by molar-refractivity contribution is -0.513. The quantitative estimate of drug-likeness (QED) is 0.586. The molecular weight excluding hydrogens is 268 g/mol. The van der Waals surface area contributed by atoms with Crippen LogP contribution in [0, 0.1) is 0 Å². The van der Waals surface area contributed by atoms with E-state index >= 15 is 0 Å². The molecule has 1 N–H and O–H groups in total. The molecule has 3 aromatic rings. The number of aromatic hydroxyl groups is 1. The topological polar surface area (TPSA) is 55.6 Å². The molecule has 0 saturated heterocycles. The molecule has 5 heteroatoms. The highest BCUT2D eigenvalue weighted by Crippen LogP contribution is 2.24. The molecular formula is C16H15N2O3+. The van der Waals surface area contributed by atoms with Crippen molar-refractivity contribution in [2.24, 2.45) is 0 Å². The zero-order valence-electron chi connectivity index (χ0n) is 11.6. The number of carbonyl (C=O) groups is 1. The summed E-state index contributed by atoms with van der Waals surface area (Å²) in [6.07, 6.45) is 1.75. The molecule has 0 aliphatic heterocycles. The van der Waals surface area contributed by atoms with E-state index in [1.165, 1.54) is 7.11 Å². The molecule has 2 heterocycles. The molecule has 0 spiro atoms. The zero-order valence-corrected chi connectivity index (χ0v) is 11.6. The Morgan fingerprint density at radius 1 is 1.19 bits per heavy atom. The van der Waals surface area contributed by atoms with Crippen LogP contribution >= 0.6 is 0 Å². The van der Waals surface area contributed by atoms with E-state index in [0.29, 0.717) is 5.65 Å². The molecule has 21 heavy (non-hydrogen) atoms. The van der Waals surface area contributed by atoms with Crippen molar-refractivity contribution in [2.75, 3.05) is 13.7 Å². The molecule has 0 saturated carbocycles. The minimum absolute atomic E-state index is 0.0800. The van der Waals surface area contributed by atoms with Gasteiger partial charge in [-0.1, -0.05) is 24.3 Å². The van der Waals surface area contributed by atoms with Crippen LogP contribution in [0.25, 0.3) is 11.3 Å². The maximum atomic E-state index is 12.2. The molecule has 0 atom stereocenters. The van der Waals surface area contributed by atoms with E-state index in [2.05, 4.69) is 0 Å². The Labute approximate surface area is 121 Å². The van der Waals surface area contributed by atoms with Crippen molar-refractivity contribution in [3.63, 3.8) is 0 Å². The maximum Gasteiger partial charge on any atom is 0.340 e. The SMILES string of the molecule is COCC(=O)c1c(O)n(-c2ccccc2)c2cccc[n+]12. The fourth-order valence-electron chi connectivity index (χ4n) is 2.42. The normalized spacial score (nSPS) is 10.9. The second-order valence-electron chi connectivity index (χ2n) is 4.63. The van der Waals surface area contributed by atoms with Gasteiger partial charge in [0, 0.05) is 13.2 Å². The van der Waals surface area contributed by atoms with Crippen molar-refractivity contribution in [1.82, 2.24) is 4.57 Å². The average molecular weight is 283 g/mol. The van der Waals surface area contributed by atoms with Gasteiger partial charge in [-0.25, -0.2) is 0 Å². The molecule has 3 rings (SSSR count). The van der Waals surface area contributed by atoms with Gasteiger partial charge >= 0.3 is 5.88 Å². The lowest BCUT2D eigenvalue weighted by Crippen LogP contribution is -2.28. The standard InChI is InChI=1S/C16H14N2O3/c1-21-11-13(19)15-16(20)18(12-7-3-2-4-8-12)14-9-5-6-10-17(14)15/h2-10H,11H2,1H3/p+1. The van der Waals surface area contributed by atoms with Crippen LogP contribution < -0.4 is 4.40 Å². The van der Waals surface area contributed by atoms with Gasteiger partial charge in [0.2, 0.25) is 5.78 Å². The number of benzene rings is 1. The molecule has 0 amide bonds. The maximum absolute atomic E-state index is 12.2. The van der Waals surface area contributed by atoms with Gasteiger partial charge in [0.25, 0.3) is 11.3 Å². The predicted molar refractivity (Wildman–Crippen MR) is 76.8 cm³/mol. The van der Waals surface area contributed by atoms with Gasteiger partial charge in [-0.2, -0.15) is 8.97 Å². The molecule has 0 bridgehead atoms. The van der Waals surface area contributed by atoms with Crippen molar-refractivity contribution in [1.29, 1.82) is 0 Å². The number of aromatic nitrogens is 2. The van der Waals surface area contributed by atoms with Crippen LogP contribution in [0.3, 0.4) is 0 Å². The van der Waals surface area contributed by atoms with Crippen molar-refractivity contribution >= 4 is 11.4 Å². The van der Waals surface area contributed by atoms with Gasteiger partial charge < -0.3 is 9.84 Å². The van der Waals surface area contributed by atoms with Crippen molar-refractivity contribution < 1.29 is 19.0 Å². The Hall–Kier alpha value is -2.66. The summed E-state index contributed by atoms with van der Waals surface area (Å²) in [5, 5.41) is 10.5. The number of fused-ring (bicyclic) bond motifs is 1. The van der Waals surface area contributed by atoms with Crippen molar-refractivity contribution in [3.05, 3.63) is 60.4 Å². The third-order valence-corrected chi connectivity index (χ3v) is 3.29. The molecule has 1 aromatic carbocycles. The Morgan fingerprint density at radius 3 is 2.62 bits per heavy atom. The summed E-state index contributed by atoms with van der Waals surface area (Å²) < 4.78 is 8.21. The Kier molecular flexibility index (Phi) is 3.41. The number of methoxy groups -OCH3 is 1. The van der Waals surface area contributed by atoms with Crippen molar-refractivity contribution in [2.45, 2.75) is 0 Å². The van der Waals surface area contributed by atoms with Crippen LogP contribution in [-0.2, 0) is 4.74 Å². The lowest BCUT2D eigenvalue weighted by Gasteiger charge is -1.97. The lowest BCUT2D eigenvalue weighted by atomic mass is 10.3. The highest BCUT2D eigenvalue weighted by molar-refractivity contribution is 5.96. The van der Waals surface area contributed by atoms with Gasteiger partial charge in [0.1, 0.15) is 12.3 Å². The van der Waals surface area contributed by atoms with Gasteiger partial charge in [0.05, 0.1) is 6.20 Å². The first-order valence-electron chi connectivity index (χ1n) is 6.55. The number of imidazole rings is 1. The number of Topliss-reactive ketones (excluding diaryl/α,β-unsaturated/α-hetero) is 1. The van der Waals surface area contributed by atoms with Crippen LogP contribution in [0.2, 0.25) is 0 Å². The summed E-state index contributed by atoms with van der Waals surface area (Å²) in [5.74, 6) is -0.361. The summed E-state index contributed by atoms with van der Waals surface area (Å²) in [6, 6.07) is 14.9. The minimum atomic E-state index is -0.272. The smallest absolute Gasteiger partial charge is 0.340 e. The number of rotatable bonds is 4.